The van der Waals surface area contributed by atoms with Gasteiger partial charge in [0, 0.05) is 42.8 Å². The maximum atomic E-state index is 2.69. The second kappa shape index (κ2) is 30.1. The third-order valence-electron chi connectivity index (χ3n) is 13.6. The quantitative estimate of drug-likeness (QED) is 0.0249. The average Bonchev–Trinajstić information content (AvgIpc) is 4.20. The summed E-state index contributed by atoms with van der Waals surface area (Å²) in [7, 11) is 0. The molecule has 2 aliphatic rings. The zero-order chi connectivity index (χ0) is 46.4. The van der Waals surface area contributed by atoms with Crippen LogP contribution in [-0.2, 0) is 48.4 Å². The minimum atomic E-state index is 1.19. The van der Waals surface area contributed by atoms with Crippen LogP contribution in [0, 0.1) is 0 Å². The Bertz CT molecular complexity index is 2050. The van der Waals surface area contributed by atoms with E-state index in [9.17, 15) is 0 Å². The third kappa shape index (κ3) is 15.6. The summed E-state index contributed by atoms with van der Waals surface area (Å²) in [5.41, 5.74) is 9.59. The molecule has 0 atom stereocenters. The Morgan fingerprint density at radius 1 is 0.348 bits per heavy atom. The molecule has 0 aliphatic carbocycles. The molecular formula is C60H86S6+2. The fourth-order valence-corrected chi connectivity index (χ4v) is 17.2. The molecule has 6 heterocycles. The van der Waals surface area contributed by atoms with Gasteiger partial charge in [-0.05, 0) is 134 Å². The fraction of sp³-hybridized carbons (Fsp3) is 0.600. The molecule has 0 aromatic carbocycles. The summed E-state index contributed by atoms with van der Waals surface area (Å²) in [5.74, 6) is 0. The second-order valence-corrected chi connectivity index (χ2v) is 25.3. The molecule has 6 rings (SSSR count). The van der Waals surface area contributed by atoms with E-state index < -0.39 is 0 Å². The molecule has 0 nitrogen and oxygen atoms in total. The topological polar surface area (TPSA) is 0 Å². The summed E-state index contributed by atoms with van der Waals surface area (Å²) in [6.07, 6.45) is 44.2. The molecule has 0 spiro atoms. The van der Waals surface area contributed by atoms with Crippen molar-refractivity contribution in [2.24, 2.45) is 0 Å². The summed E-state index contributed by atoms with van der Waals surface area (Å²) in [5, 5.41) is 4.72. The van der Waals surface area contributed by atoms with Crippen LogP contribution in [0.4, 0.5) is 0 Å². The van der Waals surface area contributed by atoms with E-state index in [0.29, 0.717) is 0 Å². The largest absolute Gasteiger partial charge is 0.299 e. The lowest BCUT2D eigenvalue weighted by Gasteiger charge is -2.02. The maximum Gasteiger partial charge on any atom is 0.299 e. The fourth-order valence-electron chi connectivity index (χ4n) is 9.66. The van der Waals surface area contributed by atoms with Crippen molar-refractivity contribution in [1.29, 1.82) is 0 Å². The Labute approximate surface area is 428 Å². The summed E-state index contributed by atoms with van der Waals surface area (Å²) in [4.78, 5) is 15.5. The van der Waals surface area contributed by atoms with E-state index in [-0.39, 0.29) is 0 Å². The van der Waals surface area contributed by atoms with Crippen molar-refractivity contribution in [3.05, 3.63) is 100 Å². The molecule has 0 fully saturated rings. The van der Waals surface area contributed by atoms with Gasteiger partial charge in [-0.25, -0.2) is 0 Å². The van der Waals surface area contributed by atoms with Gasteiger partial charge in [-0.2, -0.15) is 0 Å². The molecule has 2 aliphatic heterocycles. The van der Waals surface area contributed by atoms with Gasteiger partial charge in [0.05, 0.1) is 9.75 Å². The van der Waals surface area contributed by atoms with E-state index in [0.717, 1.165) is 0 Å². The van der Waals surface area contributed by atoms with Crippen LogP contribution in [0.15, 0.2) is 68.1 Å². The monoisotopic (exact) mass is 999 g/mol. The maximum absolute atomic E-state index is 2.69. The molecule has 0 amide bonds. The first-order valence-corrected chi connectivity index (χ1v) is 32.2. The molecule has 0 N–H and O–H groups in total. The van der Waals surface area contributed by atoms with E-state index in [1.165, 1.54) is 212 Å². The van der Waals surface area contributed by atoms with Gasteiger partial charge in [-0.1, -0.05) is 157 Å². The number of hydrogen-bond acceptors (Lipinski definition) is 4. The predicted molar refractivity (Wildman–Crippen MR) is 310 cm³/mol. The standard InChI is InChI=1S/C60H86S6/c1-7-13-19-25-31-45-37-39-61-55(45)51-41-47(33-27-21-15-9-3)57(63-51)53-43-49(35-29-23-17-11-5)59(65-53)60-50(36-30-24-18-12-6)44-54(66-60)58-48(34-28-22-16-10-4)42-52(64-58)56-46(38-40-62-56)32-26-20-14-8-2/h37-44H,7-36H2,1-6H3/q+2. The van der Waals surface area contributed by atoms with Crippen molar-refractivity contribution in [3.8, 4) is 19.5 Å². The highest BCUT2D eigenvalue weighted by Gasteiger charge is 2.42. The third-order valence-corrected chi connectivity index (χ3v) is 21.1. The molecule has 0 bridgehead atoms. The van der Waals surface area contributed by atoms with Crippen LogP contribution < -0.4 is 0 Å². The molecule has 360 valence electrons. The number of unbranched alkanes of at least 4 members (excludes halogenated alkanes) is 18. The van der Waals surface area contributed by atoms with Gasteiger partial charge in [-0.3, -0.25) is 0 Å². The number of rotatable bonds is 34. The highest BCUT2D eigenvalue weighted by atomic mass is 32.1. The van der Waals surface area contributed by atoms with E-state index >= 15 is 0 Å². The summed E-state index contributed by atoms with van der Waals surface area (Å²) >= 11 is 12.5. The molecule has 0 saturated heterocycles. The van der Waals surface area contributed by atoms with Gasteiger partial charge in [0.1, 0.15) is 0 Å². The van der Waals surface area contributed by atoms with Crippen molar-refractivity contribution in [2.45, 2.75) is 234 Å². The summed E-state index contributed by atoms with van der Waals surface area (Å²) in [6.45, 7) is 14.1. The molecule has 4 aromatic heterocycles. The van der Waals surface area contributed by atoms with Crippen LogP contribution in [0.3, 0.4) is 0 Å². The lowest BCUT2D eigenvalue weighted by Crippen LogP contribution is -1.98. The zero-order valence-corrected chi connectivity index (χ0v) is 47.2. The van der Waals surface area contributed by atoms with Gasteiger partial charge >= 0.3 is 0 Å². The normalized spacial score (nSPS) is 15.0. The summed E-state index contributed by atoms with van der Waals surface area (Å²) in [6, 6.07) is 10.1. The number of aryl methyl sites for hydroxylation is 4. The first-order valence-electron chi connectivity index (χ1n) is 27.2. The Kier molecular flexibility index (Phi) is 24.4. The van der Waals surface area contributed by atoms with Crippen molar-refractivity contribution in [2.75, 3.05) is 0 Å². The highest BCUT2D eigenvalue weighted by molar-refractivity contribution is 7.88. The average molecular weight is 1000 g/mol. The van der Waals surface area contributed by atoms with E-state index in [4.69, 9.17) is 0 Å². The first kappa shape index (κ1) is 53.5. The van der Waals surface area contributed by atoms with Crippen LogP contribution in [0.2, 0.25) is 0 Å². The van der Waals surface area contributed by atoms with Gasteiger partial charge in [0.25, 0.3) is 9.81 Å². The molecule has 0 unspecified atom stereocenters. The molecular weight excluding hydrogens is 913 g/mol. The summed E-state index contributed by atoms with van der Waals surface area (Å²) < 4.78 is 0. The Balaban J connectivity index is 1.44. The van der Waals surface area contributed by atoms with Crippen LogP contribution in [0.5, 0.6) is 0 Å². The van der Waals surface area contributed by atoms with Crippen molar-refractivity contribution in [3.63, 3.8) is 0 Å². The van der Waals surface area contributed by atoms with E-state index in [1.807, 2.05) is 22.7 Å². The Hall–Kier alpha value is -1.80. The van der Waals surface area contributed by atoms with Crippen LogP contribution >= 0.6 is 45.3 Å². The lowest BCUT2D eigenvalue weighted by molar-refractivity contribution is 0.665. The number of allylic oxidation sites excluding steroid dienone is 4. The minimum Gasteiger partial charge on any atom is -0.143 e. The van der Waals surface area contributed by atoms with Gasteiger partial charge in [0.15, 0.2) is 0 Å². The van der Waals surface area contributed by atoms with E-state index in [1.54, 1.807) is 62.7 Å². The first-order chi connectivity index (χ1) is 32.5. The Morgan fingerprint density at radius 3 is 1.00 bits per heavy atom. The highest BCUT2D eigenvalue weighted by Crippen LogP contribution is 2.44. The van der Waals surface area contributed by atoms with Gasteiger partial charge in [0.2, 0.25) is 32.4 Å². The van der Waals surface area contributed by atoms with Crippen LogP contribution in [0.25, 0.3) is 19.5 Å². The lowest BCUT2D eigenvalue weighted by atomic mass is 9.99. The smallest absolute Gasteiger partial charge is 0.143 e. The van der Waals surface area contributed by atoms with Crippen molar-refractivity contribution >= 4 is 77.8 Å². The second-order valence-electron chi connectivity index (χ2n) is 19.3. The van der Waals surface area contributed by atoms with Gasteiger partial charge < -0.3 is 0 Å². The molecule has 6 heteroatoms. The van der Waals surface area contributed by atoms with Crippen molar-refractivity contribution < 1.29 is 0 Å². The minimum absolute atomic E-state index is 1.19. The van der Waals surface area contributed by atoms with Crippen LogP contribution in [0.1, 0.15) is 240 Å². The molecule has 66 heavy (non-hydrogen) atoms. The number of hydrogen-bond donors (Lipinski definition) is 0. The SMILES string of the molecule is CCCCCCC1=CC(c2sc(-c3sccc3CCCCCC)cc2CCCCCC)=[S+]/C1=C1/[S+]=C(c2sc(-c3sccc3CCCCCC)cc2CCCCCC)C=C1CCCCCC. The van der Waals surface area contributed by atoms with Gasteiger partial charge in [-0.15, -0.1) is 45.3 Å². The molecule has 0 radical (unpaired) electrons. The molecule has 0 saturated carbocycles. The number of thiophene rings is 4. The molecule has 4 aromatic rings. The zero-order valence-electron chi connectivity index (χ0n) is 42.3. The van der Waals surface area contributed by atoms with E-state index in [2.05, 4.69) is 134 Å². The van der Waals surface area contributed by atoms with Crippen molar-refractivity contribution in [1.82, 2.24) is 0 Å². The Morgan fingerprint density at radius 2 is 0.667 bits per heavy atom. The predicted octanol–water partition coefficient (Wildman–Crippen LogP) is 20.7. The van der Waals surface area contributed by atoms with Crippen LogP contribution in [-0.4, -0.2) is 9.73 Å².